The second-order valence-electron chi connectivity index (χ2n) is 5.67. The maximum Gasteiger partial charge on any atom is 0.368 e. The van der Waals surface area contributed by atoms with Crippen molar-refractivity contribution in [3.63, 3.8) is 0 Å². The molecule has 0 radical (unpaired) electrons. The highest BCUT2D eigenvalue weighted by Gasteiger charge is 2.27. The Kier molecular flexibility index (Phi) is 4.30. The van der Waals surface area contributed by atoms with Crippen molar-refractivity contribution in [2.45, 2.75) is 0 Å². The summed E-state index contributed by atoms with van der Waals surface area (Å²) in [5.41, 5.74) is 2.76. The van der Waals surface area contributed by atoms with Gasteiger partial charge in [0.15, 0.2) is 0 Å². The molecule has 0 bridgehead atoms. The minimum absolute atomic E-state index is 0.0748. The number of hydrogen-bond acceptors (Lipinski definition) is 6. The number of oxime groups is 1. The summed E-state index contributed by atoms with van der Waals surface area (Å²) in [4.78, 5) is 29.2. The van der Waals surface area contributed by atoms with E-state index >= 15 is 0 Å². The summed E-state index contributed by atoms with van der Waals surface area (Å²) in [5, 5.41) is 14.7. The quantitative estimate of drug-likeness (QED) is 0.370. The van der Waals surface area contributed by atoms with Crippen LogP contribution in [-0.4, -0.2) is 30.7 Å². The van der Waals surface area contributed by atoms with Crippen LogP contribution in [-0.2, 0) is 9.63 Å². The number of hydrogen-bond donors (Lipinski definition) is 0. The van der Waals surface area contributed by atoms with Crippen LogP contribution >= 0.6 is 0 Å². The zero-order valence-electron chi connectivity index (χ0n) is 13.7. The highest BCUT2D eigenvalue weighted by molar-refractivity contribution is 6.31. The maximum atomic E-state index is 12.0. The van der Waals surface area contributed by atoms with Crippen LogP contribution in [0.3, 0.4) is 0 Å². The third kappa shape index (κ3) is 3.40. The lowest BCUT2D eigenvalue weighted by Gasteiger charge is -2.11. The normalized spacial score (nSPS) is 15.0. The Bertz CT molecular complexity index is 899. The third-order valence-electron chi connectivity index (χ3n) is 3.75. The zero-order chi connectivity index (χ0) is 18.0. The van der Waals surface area contributed by atoms with E-state index in [9.17, 15) is 14.9 Å². The predicted molar refractivity (Wildman–Crippen MR) is 94.5 cm³/mol. The number of anilines is 1. The Hall–Kier alpha value is -3.48. The monoisotopic (exact) mass is 337 g/mol. The molecule has 1 aliphatic rings. The number of nitro benzene ring substituents is 1. The molecule has 25 heavy (non-hydrogen) atoms. The minimum Gasteiger partial charge on any atom is -0.378 e. The van der Waals surface area contributed by atoms with Gasteiger partial charge >= 0.3 is 5.97 Å². The third-order valence-corrected chi connectivity index (χ3v) is 3.75. The van der Waals surface area contributed by atoms with Crippen LogP contribution in [0.4, 0.5) is 11.4 Å². The van der Waals surface area contributed by atoms with Crippen molar-refractivity contribution in [3.8, 4) is 0 Å². The molecule has 0 fully saturated rings. The van der Waals surface area contributed by atoms with E-state index in [1.807, 2.05) is 43.3 Å². The van der Waals surface area contributed by atoms with Gasteiger partial charge in [0.05, 0.1) is 10.5 Å². The molecule has 7 nitrogen and oxygen atoms in total. The Balaban J connectivity index is 1.97. The number of benzene rings is 2. The van der Waals surface area contributed by atoms with E-state index < -0.39 is 10.9 Å². The molecule has 7 heteroatoms. The van der Waals surface area contributed by atoms with E-state index in [4.69, 9.17) is 4.84 Å². The summed E-state index contributed by atoms with van der Waals surface area (Å²) in [6, 6.07) is 13.5. The Morgan fingerprint density at radius 3 is 2.52 bits per heavy atom. The van der Waals surface area contributed by atoms with Crippen LogP contribution < -0.4 is 4.90 Å². The van der Waals surface area contributed by atoms with Crippen LogP contribution in [0.5, 0.6) is 0 Å². The Labute approximate surface area is 144 Å². The first kappa shape index (κ1) is 16.4. The highest BCUT2D eigenvalue weighted by Crippen LogP contribution is 2.24. The van der Waals surface area contributed by atoms with Crippen LogP contribution in [0.2, 0.25) is 0 Å². The first-order valence-electron chi connectivity index (χ1n) is 7.49. The predicted octanol–water partition coefficient (Wildman–Crippen LogP) is 3.01. The lowest BCUT2D eigenvalue weighted by molar-refractivity contribution is -0.384. The molecule has 0 spiro atoms. The van der Waals surface area contributed by atoms with Gasteiger partial charge < -0.3 is 9.74 Å². The second-order valence-corrected chi connectivity index (χ2v) is 5.67. The van der Waals surface area contributed by atoms with E-state index in [0.717, 1.165) is 11.3 Å². The van der Waals surface area contributed by atoms with Gasteiger partial charge in [0, 0.05) is 37.5 Å². The minimum atomic E-state index is -0.585. The molecule has 3 rings (SSSR count). The number of carbonyl (C=O) groups excluding carboxylic acids is 1. The molecule has 0 saturated heterocycles. The number of rotatable bonds is 4. The Morgan fingerprint density at radius 2 is 1.88 bits per heavy atom. The van der Waals surface area contributed by atoms with Crippen molar-refractivity contribution >= 4 is 29.1 Å². The van der Waals surface area contributed by atoms with Gasteiger partial charge in [-0.2, -0.15) is 0 Å². The van der Waals surface area contributed by atoms with Gasteiger partial charge in [-0.1, -0.05) is 29.4 Å². The lowest BCUT2D eigenvalue weighted by Crippen LogP contribution is -2.08. The van der Waals surface area contributed by atoms with Crippen LogP contribution in [0.1, 0.15) is 11.1 Å². The summed E-state index contributed by atoms with van der Waals surface area (Å²) in [7, 11) is 3.88. The van der Waals surface area contributed by atoms with Gasteiger partial charge in [-0.15, -0.1) is 0 Å². The Morgan fingerprint density at radius 1 is 1.16 bits per heavy atom. The van der Waals surface area contributed by atoms with Crippen LogP contribution in [0, 0.1) is 10.1 Å². The fourth-order valence-electron chi connectivity index (χ4n) is 2.42. The molecule has 0 saturated carbocycles. The van der Waals surface area contributed by atoms with E-state index in [2.05, 4.69) is 5.16 Å². The summed E-state index contributed by atoms with van der Waals surface area (Å²) in [5.74, 6) is -0.585. The molecule has 1 heterocycles. The number of carbonyl (C=O) groups is 1. The van der Waals surface area contributed by atoms with Crippen molar-refractivity contribution in [1.29, 1.82) is 0 Å². The molecule has 126 valence electrons. The summed E-state index contributed by atoms with van der Waals surface area (Å²) in [6.45, 7) is 0. The van der Waals surface area contributed by atoms with Crippen molar-refractivity contribution in [2.24, 2.45) is 5.16 Å². The van der Waals surface area contributed by atoms with Gasteiger partial charge in [-0.05, 0) is 23.8 Å². The molecule has 2 aromatic rings. The topological polar surface area (TPSA) is 85.0 Å². The second kappa shape index (κ2) is 6.56. The van der Waals surface area contributed by atoms with Crippen LogP contribution in [0.15, 0.2) is 59.3 Å². The molecule has 1 aliphatic heterocycles. The molecule has 0 aromatic heterocycles. The van der Waals surface area contributed by atoms with E-state index in [1.165, 1.54) is 12.1 Å². The fraction of sp³-hybridized carbons (Fsp3) is 0.111. The lowest BCUT2D eigenvalue weighted by atomic mass is 10.00. The van der Waals surface area contributed by atoms with E-state index in [1.54, 1.807) is 18.2 Å². The van der Waals surface area contributed by atoms with E-state index in [0.29, 0.717) is 5.56 Å². The smallest absolute Gasteiger partial charge is 0.368 e. The largest absolute Gasteiger partial charge is 0.378 e. The molecular formula is C18H15N3O4. The van der Waals surface area contributed by atoms with Crippen molar-refractivity contribution < 1.29 is 14.6 Å². The van der Waals surface area contributed by atoms with Gasteiger partial charge in [0.1, 0.15) is 5.71 Å². The molecule has 0 atom stereocenters. The molecule has 0 amide bonds. The summed E-state index contributed by atoms with van der Waals surface area (Å²) >= 11 is 0. The average molecular weight is 337 g/mol. The van der Waals surface area contributed by atoms with E-state index in [-0.39, 0.29) is 17.0 Å². The van der Waals surface area contributed by atoms with Gasteiger partial charge in [-0.25, -0.2) is 4.79 Å². The number of nitrogens with zero attached hydrogens (tertiary/aromatic N) is 3. The standard InChI is InChI=1S/C18H15N3O4/c1-20(2)14-8-6-12(7-9-14)10-16-17(19-25-18(16)22)13-4-3-5-15(11-13)21(23)24/h3-11H,1-2H3/b16-10-. The molecule has 0 N–H and O–H groups in total. The highest BCUT2D eigenvalue weighted by atomic mass is 16.7. The van der Waals surface area contributed by atoms with Crippen molar-refractivity contribution in [2.75, 3.05) is 19.0 Å². The van der Waals surface area contributed by atoms with Gasteiger partial charge in [0.25, 0.3) is 5.69 Å². The number of non-ortho nitro benzene ring substituents is 1. The fourth-order valence-corrected chi connectivity index (χ4v) is 2.42. The van der Waals surface area contributed by atoms with Gasteiger partial charge in [-0.3, -0.25) is 10.1 Å². The molecule has 0 aliphatic carbocycles. The maximum absolute atomic E-state index is 12.0. The summed E-state index contributed by atoms with van der Waals surface area (Å²) in [6.07, 6.45) is 1.66. The SMILES string of the molecule is CN(C)c1ccc(/C=C2\C(=O)ON=C2c2cccc([N+](=O)[O-])c2)cc1. The summed E-state index contributed by atoms with van der Waals surface area (Å²) < 4.78 is 0. The number of nitro groups is 1. The molecule has 2 aromatic carbocycles. The first-order chi connectivity index (χ1) is 12.0. The molecule has 0 unspecified atom stereocenters. The zero-order valence-corrected chi connectivity index (χ0v) is 13.7. The van der Waals surface area contributed by atoms with Gasteiger partial charge in [0.2, 0.25) is 0 Å². The van der Waals surface area contributed by atoms with Crippen LogP contribution in [0.25, 0.3) is 6.08 Å². The average Bonchev–Trinajstić information content (AvgIpc) is 2.96. The molecular weight excluding hydrogens is 322 g/mol. The van der Waals surface area contributed by atoms with Crippen molar-refractivity contribution in [1.82, 2.24) is 0 Å². The first-order valence-corrected chi connectivity index (χ1v) is 7.49. The van der Waals surface area contributed by atoms with Crippen molar-refractivity contribution in [3.05, 3.63) is 75.3 Å².